The minimum absolute atomic E-state index is 0.0665. The van der Waals surface area contributed by atoms with Gasteiger partial charge in [0, 0.05) is 12.7 Å². The first-order valence-electron chi connectivity index (χ1n) is 6.50. The lowest BCUT2D eigenvalue weighted by atomic mass is 10.1. The van der Waals surface area contributed by atoms with E-state index >= 15 is 0 Å². The van der Waals surface area contributed by atoms with Crippen molar-refractivity contribution in [3.63, 3.8) is 0 Å². The van der Waals surface area contributed by atoms with Crippen molar-refractivity contribution >= 4 is 5.91 Å². The maximum Gasteiger partial charge on any atom is 0.249 e. The lowest BCUT2D eigenvalue weighted by Gasteiger charge is -2.24. The molecule has 0 saturated carbocycles. The van der Waals surface area contributed by atoms with Crippen molar-refractivity contribution in [2.45, 2.75) is 38.8 Å². The molecule has 1 aromatic heterocycles. The summed E-state index contributed by atoms with van der Waals surface area (Å²) in [5, 5.41) is 0. The fourth-order valence-corrected chi connectivity index (χ4v) is 2.27. The van der Waals surface area contributed by atoms with Crippen LogP contribution in [0.5, 0.6) is 0 Å². The third-order valence-corrected chi connectivity index (χ3v) is 3.14. The second-order valence-electron chi connectivity index (χ2n) is 4.86. The number of carbonyl (C=O) groups excluding carboxylic acids is 1. The van der Waals surface area contributed by atoms with Gasteiger partial charge in [0.05, 0.1) is 17.8 Å². The fourth-order valence-electron chi connectivity index (χ4n) is 2.27. The molecule has 1 atom stereocenters. The van der Waals surface area contributed by atoms with Crippen molar-refractivity contribution in [1.29, 1.82) is 0 Å². The lowest BCUT2D eigenvalue weighted by molar-refractivity contribution is -0.138. The first kappa shape index (κ1) is 13.0. The van der Waals surface area contributed by atoms with Crippen molar-refractivity contribution in [2.75, 3.05) is 13.2 Å². The molecule has 0 aliphatic carbocycles. The molecule has 0 unspecified atom stereocenters. The van der Waals surface area contributed by atoms with Crippen molar-refractivity contribution < 1.29 is 9.53 Å². The smallest absolute Gasteiger partial charge is 0.249 e. The van der Waals surface area contributed by atoms with Gasteiger partial charge in [-0.2, -0.15) is 0 Å². The molecule has 4 heteroatoms. The largest absolute Gasteiger partial charge is 0.369 e. The molecule has 0 bridgehead atoms. The highest BCUT2D eigenvalue weighted by Gasteiger charge is 2.30. The highest BCUT2D eigenvalue weighted by molar-refractivity contribution is 5.78. The Kier molecular flexibility index (Phi) is 4.31. The van der Waals surface area contributed by atoms with E-state index < -0.39 is 0 Å². The zero-order valence-corrected chi connectivity index (χ0v) is 11.0. The van der Waals surface area contributed by atoms with E-state index in [1.54, 1.807) is 6.20 Å². The molecule has 2 heterocycles. The first-order valence-corrected chi connectivity index (χ1v) is 6.50. The van der Waals surface area contributed by atoms with E-state index in [4.69, 9.17) is 4.74 Å². The molecule has 1 aromatic rings. The second-order valence-corrected chi connectivity index (χ2v) is 4.86. The van der Waals surface area contributed by atoms with Gasteiger partial charge < -0.3 is 9.64 Å². The number of amides is 1. The van der Waals surface area contributed by atoms with Crippen LogP contribution >= 0.6 is 0 Å². The Hall–Kier alpha value is -1.42. The molecule has 1 aliphatic heterocycles. The molecule has 2 rings (SSSR count). The normalized spacial score (nSPS) is 19.5. The Balaban J connectivity index is 2.01. The number of pyridine rings is 1. The van der Waals surface area contributed by atoms with Gasteiger partial charge in [-0.1, -0.05) is 6.07 Å². The zero-order chi connectivity index (χ0) is 13.0. The monoisotopic (exact) mass is 248 g/mol. The van der Waals surface area contributed by atoms with Gasteiger partial charge in [-0.3, -0.25) is 9.78 Å². The Morgan fingerprint density at radius 2 is 2.39 bits per heavy atom. The Labute approximate surface area is 108 Å². The number of ether oxygens (including phenoxy) is 1. The van der Waals surface area contributed by atoms with Crippen molar-refractivity contribution in [3.8, 4) is 0 Å². The van der Waals surface area contributed by atoms with Gasteiger partial charge in [0.2, 0.25) is 5.91 Å². The highest BCUT2D eigenvalue weighted by Crippen LogP contribution is 2.30. The van der Waals surface area contributed by atoms with E-state index in [-0.39, 0.29) is 24.7 Å². The van der Waals surface area contributed by atoms with Gasteiger partial charge in [0.1, 0.15) is 6.61 Å². The van der Waals surface area contributed by atoms with E-state index in [9.17, 15) is 4.79 Å². The summed E-state index contributed by atoms with van der Waals surface area (Å²) in [5.41, 5.74) is 0.980. The van der Waals surface area contributed by atoms with E-state index in [2.05, 4.69) is 4.98 Å². The van der Waals surface area contributed by atoms with Crippen LogP contribution in [-0.4, -0.2) is 35.0 Å². The number of rotatable bonds is 4. The van der Waals surface area contributed by atoms with Gasteiger partial charge in [0.15, 0.2) is 0 Å². The third-order valence-electron chi connectivity index (χ3n) is 3.14. The summed E-state index contributed by atoms with van der Waals surface area (Å²) in [6.45, 7) is 4.85. The highest BCUT2D eigenvalue weighted by atomic mass is 16.5. The topological polar surface area (TPSA) is 42.4 Å². The van der Waals surface area contributed by atoms with E-state index in [0.29, 0.717) is 0 Å². The van der Waals surface area contributed by atoms with Crippen LogP contribution in [0.1, 0.15) is 38.4 Å². The van der Waals surface area contributed by atoms with Crippen LogP contribution in [0.15, 0.2) is 24.4 Å². The molecule has 98 valence electrons. The third kappa shape index (κ3) is 3.07. The zero-order valence-electron chi connectivity index (χ0n) is 11.0. The van der Waals surface area contributed by atoms with E-state index in [0.717, 1.165) is 25.1 Å². The summed E-state index contributed by atoms with van der Waals surface area (Å²) >= 11 is 0. The maximum absolute atomic E-state index is 12.1. The molecule has 1 amide bonds. The summed E-state index contributed by atoms with van der Waals surface area (Å²) in [4.78, 5) is 18.4. The van der Waals surface area contributed by atoms with E-state index in [1.165, 1.54) is 0 Å². The van der Waals surface area contributed by atoms with Crippen LogP contribution in [0.4, 0.5) is 0 Å². The average molecular weight is 248 g/mol. The summed E-state index contributed by atoms with van der Waals surface area (Å²) in [6, 6.07) is 5.97. The molecule has 4 nitrogen and oxygen atoms in total. The number of hydrogen-bond donors (Lipinski definition) is 0. The van der Waals surface area contributed by atoms with Gasteiger partial charge >= 0.3 is 0 Å². The number of aromatic nitrogens is 1. The van der Waals surface area contributed by atoms with Crippen LogP contribution in [0.3, 0.4) is 0 Å². The van der Waals surface area contributed by atoms with Gasteiger partial charge in [-0.25, -0.2) is 0 Å². The van der Waals surface area contributed by atoms with Crippen LogP contribution in [0.2, 0.25) is 0 Å². The molecule has 18 heavy (non-hydrogen) atoms. The quantitative estimate of drug-likeness (QED) is 0.820. The Morgan fingerprint density at radius 3 is 3.06 bits per heavy atom. The fraction of sp³-hybridized carbons (Fsp3) is 0.571. The molecular weight excluding hydrogens is 228 g/mol. The summed E-state index contributed by atoms with van der Waals surface area (Å²) in [6.07, 6.45) is 3.89. The molecule has 1 aliphatic rings. The summed E-state index contributed by atoms with van der Waals surface area (Å²) in [5.74, 6) is 0.0665. The summed E-state index contributed by atoms with van der Waals surface area (Å²) < 4.78 is 5.39. The molecular formula is C14H20N2O2. The van der Waals surface area contributed by atoms with Crippen molar-refractivity contribution in [1.82, 2.24) is 9.88 Å². The molecule has 1 saturated heterocycles. The standard InChI is InChI=1S/C14H20N2O2/c1-11(2)18-10-14(17)16-9-5-7-13(16)12-6-3-4-8-15-12/h3-4,6,8,11,13H,5,7,9-10H2,1-2H3/t13-/m1/s1. The molecule has 0 spiro atoms. The minimum Gasteiger partial charge on any atom is -0.369 e. The van der Waals surface area contributed by atoms with Crippen molar-refractivity contribution in [3.05, 3.63) is 30.1 Å². The maximum atomic E-state index is 12.1. The lowest BCUT2D eigenvalue weighted by Crippen LogP contribution is -2.34. The van der Waals surface area contributed by atoms with E-state index in [1.807, 2.05) is 36.9 Å². The van der Waals surface area contributed by atoms with Gasteiger partial charge in [-0.15, -0.1) is 0 Å². The van der Waals surface area contributed by atoms with Crippen LogP contribution in [0.25, 0.3) is 0 Å². The van der Waals surface area contributed by atoms with Crippen molar-refractivity contribution in [2.24, 2.45) is 0 Å². The number of carbonyl (C=O) groups is 1. The first-order chi connectivity index (χ1) is 8.68. The SMILES string of the molecule is CC(C)OCC(=O)N1CCC[C@@H]1c1ccccn1. The van der Waals surface area contributed by atoms with Gasteiger partial charge in [0.25, 0.3) is 0 Å². The average Bonchev–Trinajstić information content (AvgIpc) is 2.86. The van der Waals surface area contributed by atoms with Crippen LogP contribution < -0.4 is 0 Å². The number of likely N-dealkylation sites (tertiary alicyclic amines) is 1. The molecule has 0 radical (unpaired) electrons. The predicted octanol–water partition coefficient (Wildman–Crippen LogP) is 2.17. The van der Waals surface area contributed by atoms with Gasteiger partial charge in [-0.05, 0) is 38.8 Å². The molecule has 0 aromatic carbocycles. The Bertz CT molecular complexity index is 392. The minimum atomic E-state index is 0.0665. The molecule has 0 N–H and O–H groups in total. The predicted molar refractivity (Wildman–Crippen MR) is 69.0 cm³/mol. The van der Waals surface area contributed by atoms with Crippen LogP contribution in [-0.2, 0) is 9.53 Å². The second kappa shape index (κ2) is 5.96. The summed E-state index contributed by atoms with van der Waals surface area (Å²) in [7, 11) is 0. The number of hydrogen-bond acceptors (Lipinski definition) is 3. The number of nitrogens with zero attached hydrogens (tertiary/aromatic N) is 2. The molecule has 1 fully saturated rings. The Morgan fingerprint density at radius 1 is 1.56 bits per heavy atom. The van der Waals surface area contributed by atoms with Crippen LogP contribution in [0, 0.1) is 0 Å².